The highest BCUT2D eigenvalue weighted by Gasteiger charge is 2.25. The van der Waals surface area contributed by atoms with Crippen molar-refractivity contribution < 1.29 is 4.79 Å². The Morgan fingerprint density at radius 3 is 2.60 bits per heavy atom. The molecule has 0 spiro atoms. The van der Waals surface area contributed by atoms with Crippen LogP contribution in [-0.2, 0) is 5.54 Å². The van der Waals surface area contributed by atoms with Crippen LogP contribution in [0.1, 0.15) is 29.8 Å². The summed E-state index contributed by atoms with van der Waals surface area (Å²) >= 11 is 3.38. The molecule has 0 radical (unpaired) electrons. The fraction of sp³-hybridized carbons (Fsp3) is 0.176. The molecule has 0 aliphatic carbocycles. The van der Waals surface area contributed by atoms with Gasteiger partial charge in [-0.1, -0.05) is 28.1 Å². The zero-order valence-electron chi connectivity index (χ0n) is 13.7. The largest absolute Gasteiger partial charge is 0.343 e. The number of aromatic amines is 1. The summed E-state index contributed by atoms with van der Waals surface area (Å²) in [5, 5.41) is 6.85. The van der Waals surface area contributed by atoms with Gasteiger partial charge in [-0.05, 0) is 37.6 Å². The molecular formula is C17H16BrN5O2. The molecule has 2 heterocycles. The van der Waals surface area contributed by atoms with Crippen LogP contribution in [0.15, 0.2) is 58.2 Å². The summed E-state index contributed by atoms with van der Waals surface area (Å²) in [6.07, 6.45) is 4.47. The fourth-order valence-electron chi connectivity index (χ4n) is 2.35. The molecule has 1 aromatic carbocycles. The van der Waals surface area contributed by atoms with Crippen LogP contribution >= 0.6 is 15.9 Å². The highest BCUT2D eigenvalue weighted by Crippen LogP contribution is 2.22. The number of hydrogen-bond acceptors (Lipinski definition) is 4. The number of nitrogens with one attached hydrogen (secondary N) is 2. The molecule has 7 nitrogen and oxygen atoms in total. The molecule has 0 unspecified atom stereocenters. The Morgan fingerprint density at radius 2 is 2.00 bits per heavy atom. The number of carbonyl (C=O) groups excluding carboxylic acids is 1. The molecular weight excluding hydrogens is 386 g/mol. The van der Waals surface area contributed by atoms with Gasteiger partial charge >= 0.3 is 0 Å². The van der Waals surface area contributed by atoms with E-state index in [0.717, 1.165) is 10.0 Å². The van der Waals surface area contributed by atoms with Crippen LogP contribution in [0.25, 0.3) is 5.95 Å². The van der Waals surface area contributed by atoms with Crippen molar-refractivity contribution >= 4 is 21.8 Å². The van der Waals surface area contributed by atoms with E-state index in [2.05, 4.69) is 36.3 Å². The molecule has 1 amide bonds. The molecule has 0 saturated heterocycles. The molecule has 128 valence electrons. The van der Waals surface area contributed by atoms with Crippen molar-refractivity contribution in [2.75, 3.05) is 0 Å². The number of benzene rings is 1. The van der Waals surface area contributed by atoms with Crippen molar-refractivity contribution in [1.82, 2.24) is 25.1 Å². The average Bonchev–Trinajstić information content (AvgIpc) is 3.09. The number of carbonyl (C=O) groups is 1. The lowest BCUT2D eigenvalue weighted by molar-refractivity contribution is 0.0910. The average molecular weight is 402 g/mol. The van der Waals surface area contributed by atoms with E-state index in [0.29, 0.717) is 0 Å². The molecule has 0 bridgehead atoms. The van der Waals surface area contributed by atoms with Crippen LogP contribution in [0.4, 0.5) is 0 Å². The minimum atomic E-state index is -0.648. The van der Waals surface area contributed by atoms with Gasteiger partial charge in [0.2, 0.25) is 5.95 Å². The van der Waals surface area contributed by atoms with E-state index < -0.39 is 17.0 Å². The van der Waals surface area contributed by atoms with Crippen molar-refractivity contribution in [1.29, 1.82) is 0 Å². The summed E-state index contributed by atoms with van der Waals surface area (Å²) in [7, 11) is 0. The van der Waals surface area contributed by atoms with Crippen LogP contribution in [-0.4, -0.2) is 25.7 Å². The summed E-state index contributed by atoms with van der Waals surface area (Å²) in [5.41, 5.74) is -0.308. The molecule has 0 aliphatic rings. The molecule has 25 heavy (non-hydrogen) atoms. The van der Waals surface area contributed by atoms with Gasteiger partial charge in [0.25, 0.3) is 11.5 Å². The lowest BCUT2D eigenvalue weighted by Crippen LogP contribution is -2.43. The second kappa shape index (κ2) is 6.64. The van der Waals surface area contributed by atoms with Gasteiger partial charge in [-0.25, -0.2) is 9.67 Å². The van der Waals surface area contributed by atoms with Crippen LogP contribution < -0.4 is 10.9 Å². The first-order valence-corrected chi connectivity index (χ1v) is 8.34. The smallest absolute Gasteiger partial charge is 0.265 e. The fourth-order valence-corrected chi connectivity index (χ4v) is 2.61. The van der Waals surface area contributed by atoms with Gasteiger partial charge in [0.15, 0.2) is 0 Å². The van der Waals surface area contributed by atoms with E-state index in [1.165, 1.54) is 10.9 Å². The van der Waals surface area contributed by atoms with Crippen LogP contribution in [0, 0.1) is 0 Å². The maximum atomic E-state index is 12.5. The Kier molecular flexibility index (Phi) is 4.54. The summed E-state index contributed by atoms with van der Waals surface area (Å²) in [6, 6.07) is 9.33. The van der Waals surface area contributed by atoms with Crippen molar-refractivity contribution in [2.24, 2.45) is 0 Å². The van der Waals surface area contributed by atoms with E-state index in [9.17, 15) is 9.59 Å². The first-order valence-electron chi connectivity index (χ1n) is 7.55. The van der Waals surface area contributed by atoms with Gasteiger partial charge in [0.05, 0.1) is 5.54 Å². The van der Waals surface area contributed by atoms with E-state index >= 15 is 0 Å². The Bertz CT molecular complexity index is 946. The van der Waals surface area contributed by atoms with Gasteiger partial charge in [-0.15, -0.1) is 0 Å². The Hall–Kier alpha value is -2.74. The first kappa shape index (κ1) is 17.1. The zero-order valence-corrected chi connectivity index (χ0v) is 15.2. The molecule has 0 aliphatic heterocycles. The number of hydrogen-bond donors (Lipinski definition) is 2. The summed E-state index contributed by atoms with van der Waals surface area (Å²) in [6.45, 7) is 3.74. The minimum Gasteiger partial charge on any atom is -0.343 e. The number of rotatable bonds is 4. The first-order chi connectivity index (χ1) is 11.9. The number of aromatic nitrogens is 4. The van der Waals surface area contributed by atoms with E-state index in [1.54, 1.807) is 18.5 Å². The number of nitrogens with zero attached hydrogens (tertiary/aromatic N) is 3. The Balaban J connectivity index is 1.83. The highest BCUT2D eigenvalue weighted by molar-refractivity contribution is 9.10. The topological polar surface area (TPSA) is 92.7 Å². The van der Waals surface area contributed by atoms with Gasteiger partial charge < -0.3 is 5.32 Å². The van der Waals surface area contributed by atoms with Crippen molar-refractivity contribution in [2.45, 2.75) is 19.4 Å². The standard InChI is InChI=1S/C17H16BrN5O2/c1-17(2,11-4-6-12(18)7-5-11)22-15(25)13-10-19-16(21-14(13)24)23-9-3-8-20-23/h3-10H,1-2H3,(H,22,25)(H,19,21,24). The number of halogens is 1. The quantitative estimate of drug-likeness (QED) is 0.701. The summed E-state index contributed by atoms with van der Waals surface area (Å²) in [5.74, 6) is -0.243. The monoisotopic (exact) mass is 401 g/mol. The molecule has 3 aromatic rings. The van der Waals surface area contributed by atoms with Gasteiger partial charge in [-0.2, -0.15) is 5.10 Å². The second-order valence-corrected chi connectivity index (χ2v) is 6.90. The third kappa shape index (κ3) is 3.69. The second-order valence-electron chi connectivity index (χ2n) is 5.99. The van der Waals surface area contributed by atoms with Crippen LogP contribution in [0.5, 0.6) is 0 Å². The molecule has 8 heteroatoms. The van der Waals surface area contributed by atoms with Crippen LogP contribution in [0.2, 0.25) is 0 Å². The predicted molar refractivity (Wildman–Crippen MR) is 96.6 cm³/mol. The highest BCUT2D eigenvalue weighted by atomic mass is 79.9. The van der Waals surface area contributed by atoms with E-state index in [-0.39, 0.29) is 11.5 Å². The predicted octanol–water partition coefficient (Wildman–Crippen LogP) is 2.38. The number of H-pyrrole nitrogens is 1. The van der Waals surface area contributed by atoms with Crippen molar-refractivity contribution in [3.63, 3.8) is 0 Å². The maximum Gasteiger partial charge on any atom is 0.265 e. The van der Waals surface area contributed by atoms with E-state index in [4.69, 9.17) is 0 Å². The SMILES string of the molecule is CC(C)(NC(=O)c1cnc(-n2cccn2)[nH]c1=O)c1ccc(Br)cc1. The molecule has 2 aromatic heterocycles. The minimum absolute atomic E-state index is 0.0545. The lowest BCUT2D eigenvalue weighted by atomic mass is 9.94. The maximum absolute atomic E-state index is 12.5. The Morgan fingerprint density at radius 1 is 1.28 bits per heavy atom. The zero-order chi connectivity index (χ0) is 18.0. The molecule has 3 rings (SSSR count). The van der Waals surface area contributed by atoms with Crippen molar-refractivity contribution in [3.05, 3.63) is 74.9 Å². The van der Waals surface area contributed by atoms with Crippen LogP contribution in [0.3, 0.4) is 0 Å². The van der Waals surface area contributed by atoms with Crippen molar-refractivity contribution in [3.8, 4) is 5.95 Å². The van der Waals surface area contributed by atoms with E-state index in [1.807, 2.05) is 38.1 Å². The third-order valence-corrected chi connectivity index (χ3v) is 4.27. The summed E-state index contributed by atoms with van der Waals surface area (Å²) < 4.78 is 2.36. The normalized spacial score (nSPS) is 11.3. The van der Waals surface area contributed by atoms with Gasteiger partial charge in [0.1, 0.15) is 5.56 Å². The lowest BCUT2D eigenvalue weighted by Gasteiger charge is -2.26. The Labute approximate surface area is 152 Å². The molecule has 0 fully saturated rings. The molecule has 0 saturated carbocycles. The molecule has 0 atom stereocenters. The molecule has 2 N–H and O–H groups in total. The summed E-state index contributed by atoms with van der Waals surface area (Å²) in [4.78, 5) is 31.4. The number of amides is 1. The van der Waals surface area contributed by atoms with Gasteiger partial charge in [-0.3, -0.25) is 14.6 Å². The van der Waals surface area contributed by atoms with Gasteiger partial charge in [0, 0.05) is 23.1 Å². The third-order valence-electron chi connectivity index (χ3n) is 3.74.